The summed E-state index contributed by atoms with van der Waals surface area (Å²) in [5.41, 5.74) is 3.70. The summed E-state index contributed by atoms with van der Waals surface area (Å²) < 4.78 is 17.4. The molecule has 0 aliphatic carbocycles. The Morgan fingerprint density at radius 2 is 1.60 bits per heavy atom. The first-order valence-corrected chi connectivity index (χ1v) is 9.13. The van der Waals surface area contributed by atoms with Crippen molar-refractivity contribution in [2.24, 2.45) is 0 Å². The van der Waals surface area contributed by atoms with Gasteiger partial charge in [-0.1, -0.05) is 55.8 Å². The maximum Gasteiger partial charge on any atom is 0.223 e. The third kappa shape index (κ3) is 6.52. The summed E-state index contributed by atoms with van der Waals surface area (Å²) in [6.07, 6.45) is 0.711. The Morgan fingerprint density at radius 3 is 2.20 bits per heavy atom. The van der Waals surface area contributed by atoms with E-state index in [-0.39, 0.29) is 0 Å². The summed E-state index contributed by atoms with van der Waals surface area (Å²) in [6, 6.07) is 16.6. The van der Waals surface area contributed by atoms with Crippen LogP contribution in [0, 0.1) is 6.92 Å². The van der Waals surface area contributed by atoms with E-state index in [4.69, 9.17) is 14.2 Å². The molecule has 3 heteroatoms. The Morgan fingerprint density at radius 1 is 0.920 bits per heavy atom. The molecular weight excluding hydrogens is 312 g/mol. The smallest absolute Gasteiger partial charge is 0.223 e. The van der Waals surface area contributed by atoms with Gasteiger partial charge >= 0.3 is 0 Å². The Hall–Kier alpha value is -1.84. The van der Waals surface area contributed by atoms with E-state index in [9.17, 15) is 0 Å². The molecule has 2 aromatic carbocycles. The molecule has 2 rings (SSSR count). The molecule has 3 nitrogen and oxygen atoms in total. The number of rotatable bonds is 10. The molecule has 0 amide bonds. The van der Waals surface area contributed by atoms with Gasteiger partial charge in [0.2, 0.25) is 6.29 Å². The van der Waals surface area contributed by atoms with Gasteiger partial charge in [0, 0.05) is 6.61 Å². The van der Waals surface area contributed by atoms with Crippen LogP contribution in [-0.2, 0) is 16.1 Å². The fourth-order valence-corrected chi connectivity index (χ4v) is 2.47. The average molecular weight is 342 g/mol. The molecular formula is C22H30O3. The molecule has 0 saturated heterocycles. The summed E-state index contributed by atoms with van der Waals surface area (Å²) in [4.78, 5) is 0. The minimum Gasteiger partial charge on any atom is -0.462 e. The highest BCUT2D eigenvalue weighted by Gasteiger charge is 2.12. The molecule has 25 heavy (non-hydrogen) atoms. The van der Waals surface area contributed by atoms with Gasteiger partial charge in [-0.2, -0.15) is 0 Å². The summed E-state index contributed by atoms with van der Waals surface area (Å²) in [6.45, 7) is 10.0. The lowest BCUT2D eigenvalue weighted by Crippen LogP contribution is -2.26. The van der Waals surface area contributed by atoms with Crippen LogP contribution in [0.3, 0.4) is 0 Å². The fourth-order valence-electron chi connectivity index (χ4n) is 2.47. The second kappa shape index (κ2) is 10.2. The average Bonchev–Trinajstić information content (AvgIpc) is 2.65. The van der Waals surface area contributed by atoms with E-state index in [0.29, 0.717) is 25.7 Å². The zero-order chi connectivity index (χ0) is 18.1. The lowest BCUT2D eigenvalue weighted by atomic mass is 9.99. The number of ether oxygens (including phenoxy) is 3. The topological polar surface area (TPSA) is 27.7 Å². The molecule has 136 valence electrons. The van der Waals surface area contributed by atoms with Gasteiger partial charge < -0.3 is 14.2 Å². The monoisotopic (exact) mass is 342 g/mol. The minimum atomic E-state index is -0.421. The number of aryl methyl sites for hydroxylation is 1. The molecule has 0 aliphatic rings. The highest BCUT2D eigenvalue weighted by atomic mass is 16.7. The van der Waals surface area contributed by atoms with Gasteiger partial charge in [-0.3, -0.25) is 0 Å². The van der Waals surface area contributed by atoms with E-state index in [1.807, 2.05) is 19.1 Å². The number of hydrogen-bond donors (Lipinski definition) is 0. The van der Waals surface area contributed by atoms with Crippen molar-refractivity contribution in [1.82, 2.24) is 0 Å². The van der Waals surface area contributed by atoms with Crippen molar-refractivity contribution >= 4 is 0 Å². The second-order valence-corrected chi connectivity index (χ2v) is 6.38. The normalized spacial score (nSPS) is 13.4. The van der Waals surface area contributed by atoms with Crippen LogP contribution in [0.2, 0.25) is 0 Å². The van der Waals surface area contributed by atoms with E-state index in [1.165, 1.54) is 11.1 Å². The molecule has 0 N–H and O–H groups in total. The van der Waals surface area contributed by atoms with Gasteiger partial charge in [-0.05, 0) is 49.4 Å². The molecule has 0 aromatic heterocycles. The van der Waals surface area contributed by atoms with Gasteiger partial charge in [-0.25, -0.2) is 0 Å². The molecule has 0 bridgehead atoms. The van der Waals surface area contributed by atoms with Crippen LogP contribution in [0.5, 0.6) is 5.75 Å². The largest absolute Gasteiger partial charge is 0.462 e. The van der Waals surface area contributed by atoms with Gasteiger partial charge in [0.15, 0.2) is 0 Å². The second-order valence-electron chi connectivity index (χ2n) is 6.38. The number of hydrogen-bond acceptors (Lipinski definition) is 3. The van der Waals surface area contributed by atoms with Gasteiger partial charge in [-0.15, -0.1) is 0 Å². The standard InChI is InChI=1S/C22H30O3/c1-5-18(4)20-11-13-21(14-12-20)25-22(16-23-6-2)24-15-19-9-7-17(3)8-10-19/h7-14,18,22H,5-6,15-16H2,1-4H3. The minimum absolute atomic E-state index is 0.412. The molecule has 2 atom stereocenters. The first-order chi connectivity index (χ1) is 12.1. The third-order valence-corrected chi connectivity index (χ3v) is 4.34. The maximum absolute atomic E-state index is 5.98. The van der Waals surface area contributed by atoms with Crippen molar-refractivity contribution in [3.63, 3.8) is 0 Å². The summed E-state index contributed by atoms with van der Waals surface area (Å²) in [5, 5.41) is 0. The Kier molecular flexibility index (Phi) is 7.96. The van der Waals surface area contributed by atoms with Crippen molar-refractivity contribution in [2.45, 2.75) is 52.9 Å². The predicted molar refractivity (Wildman–Crippen MR) is 102 cm³/mol. The van der Waals surface area contributed by atoms with Crippen molar-refractivity contribution in [3.8, 4) is 5.75 Å². The predicted octanol–water partition coefficient (Wildman–Crippen LogP) is 5.47. The van der Waals surface area contributed by atoms with E-state index in [0.717, 1.165) is 17.7 Å². The molecule has 2 aromatic rings. The van der Waals surface area contributed by atoms with Crippen LogP contribution >= 0.6 is 0 Å². The van der Waals surface area contributed by atoms with Crippen LogP contribution in [0.4, 0.5) is 0 Å². The van der Waals surface area contributed by atoms with Crippen LogP contribution in [-0.4, -0.2) is 19.5 Å². The van der Waals surface area contributed by atoms with Crippen LogP contribution in [0.15, 0.2) is 48.5 Å². The summed E-state index contributed by atoms with van der Waals surface area (Å²) >= 11 is 0. The lowest BCUT2D eigenvalue weighted by Gasteiger charge is -2.20. The van der Waals surface area contributed by atoms with Crippen LogP contribution in [0.1, 0.15) is 49.8 Å². The Labute approximate surface area is 151 Å². The maximum atomic E-state index is 5.98. The van der Waals surface area contributed by atoms with Gasteiger partial charge in [0.05, 0.1) is 6.61 Å². The summed E-state index contributed by atoms with van der Waals surface area (Å²) in [7, 11) is 0. The first-order valence-electron chi connectivity index (χ1n) is 9.13. The highest BCUT2D eigenvalue weighted by molar-refractivity contribution is 5.29. The fraction of sp³-hybridized carbons (Fsp3) is 0.455. The van der Waals surface area contributed by atoms with Crippen molar-refractivity contribution in [2.75, 3.05) is 13.2 Å². The quantitative estimate of drug-likeness (QED) is 0.536. The van der Waals surface area contributed by atoms with E-state index in [2.05, 4.69) is 57.2 Å². The van der Waals surface area contributed by atoms with E-state index >= 15 is 0 Å². The van der Waals surface area contributed by atoms with Crippen LogP contribution in [0.25, 0.3) is 0 Å². The molecule has 0 heterocycles. The zero-order valence-corrected chi connectivity index (χ0v) is 15.8. The molecule has 0 saturated carbocycles. The number of benzene rings is 2. The molecule has 0 spiro atoms. The van der Waals surface area contributed by atoms with Gasteiger partial charge in [0.1, 0.15) is 12.4 Å². The van der Waals surface area contributed by atoms with Crippen molar-refractivity contribution in [3.05, 3.63) is 65.2 Å². The first kappa shape index (κ1) is 19.5. The van der Waals surface area contributed by atoms with Crippen LogP contribution < -0.4 is 4.74 Å². The molecule has 0 radical (unpaired) electrons. The molecule has 0 fully saturated rings. The third-order valence-electron chi connectivity index (χ3n) is 4.34. The molecule has 2 unspecified atom stereocenters. The Balaban J connectivity index is 1.95. The van der Waals surface area contributed by atoms with Gasteiger partial charge in [0.25, 0.3) is 0 Å². The lowest BCUT2D eigenvalue weighted by molar-refractivity contribution is -0.127. The van der Waals surface area contributed by atoms with E-state index in [1.54, 1.807) is 0 Å². The van der Waals surface area contributed by atoms with Crippen molar-refractivity contribution in [1.29, 1.82) is 0 Å². The Bertz CT molecular complexity index is 604. The zero-order valence-electron chi connectivity index (χ0n) is 15.8. The molecule has 0 aliphatic heterocycles. The SMILES string of the molecule is CCOCC(OCc1ccc(C)cc1)Oc1ccc(C(C)CC)cc1. The summed E-state index contributed by atoms with van der Waals surface area (Å²) in [5.74, 6) is 1.37. The van der Waals surface area contributed by atoms with Crippen molar-refractivity contribution < 1.29 is 14.2 Å². The van der Waals surface area contributed by atoms with E-state index < -0.39 is 6.29 Å². The highest BCUT2D eigenvalue weighted by Crippen LogP contribution is 2.22.